The molecule has 3 heteroatoms. The molecule has 0 amide bonds. The summed E-state index contributed by atoms with van der Waals surface area (Å²) < 4.78 is 14.3. The van der Waals surface area contributed by atoms with Crippen LogP contribution in [0.2, 0.25) is 0 Å². The Morgan fingerprint density at radius 3 is 1.54 bits per heavy atom. The van der Waals surface area contributed by atoms with Crippen LogP contribution in [0.15, 0.2) is 91.0 Å². The number of carbonyl (C=O) groups excluding carboxylic acids is 1. The van der Waals surface area contributed by atoms with Gasteiger partial charge >= 0.3 is 0 Å². The van der Waals surface area contributed by atoms with E-state index < -0.39 is 7.14 Å². The topological polar surface area (TPSA) is 34.1 Å². The summed E-state index contributed by atoms with van der Waals surface area (Å²) in [6.07, 6.45) is 1.10. The summed E-state index contributed by atoms with van der Waals surface area (Å²) in [5, 5.41) is 1.57. The van der Waals surface area contributed by atoms with E-state index in [0.29, 0.717) is 0 Å². The smallest absolute Gasteiger partial charge is 0.150 e. The van der Waals surface area contributed by atoms with Crippen molar-refractivity contribution in [2.75, 3.05) is 0 Å². The first-order valence-electron chi connectivity index (χ1n) is 7.96. The van der Waals surface area contributed by atoms with Crippen molar-refractivity contribution in [2.24, 2.45) is 0 Å². The number of hydrogen-bond acceptors (Lipinski definition) is 2. The first-order chi connectivity index (χ1) is 11.8. The number of rotatable bonds is 6. The van der Waals surface area contributed by atoms with Gasteiger partial charge in [-0.1, -0.05) is 91.0 Å². The van der Waals surface area contributed by atoms with Crippen molar-refractivity contribution in [3.63, 3.8) is 0 Å². The van der Waals surface area contributed by atoms with Crippen LogP contribution in [0.25, 0.3) is 0 Å². The molecule has 0 radical (unpaired) electrons. The van der Waals surface area contributed by atoms with Crippen molar-refractivity contribution < 1.29 is 9.36 Å². The molecule has 24 heavy (non-hydrogen) atoms. The van der Waals surface area contributed by atoms with Gasteiger partial charge in [0.05, 0.1) is 5.66 Å². The molecule has 0 aliphatic heterocycles. The maximum Gasteiger partial charge on any atom is 0.150 e. The molecular formula is C21H19O2P. The molecule has 3 aromatic carbocycles. The highest BCUT2D eigenvalue weighted by Gasteiger charge is 2.37. The van der Waals surface area contributed by atoms with Gasteiger partial charge in [-0.2, -0.15) is 0 Å². The molecule has 1 atom stereocenters. The quantitative estimate of drug-likeness (QED) is 0.497. The second kappa shape index (κ2) is 7.42. The summed E-state index contributed by atoms with van der Waals surface area (Å²) in [7, 11) is -3.00. The Labute approximate surface area is 142 Å². The average molecular weight is 334 g/mol. The van der Waals surface area contributed by atoms with Gasteiger partial charge in [0.25, 0.3) is 0 Å². The van der Waals surface area contributed by atoms with E-state index in [9.17, 15) is 9.36 Å². The molecule has 1 unspecified atom stereocenters. The lowest BCUT2D eigenvalue weighted by atomic mass is 10.1. The molecule has 0 aliphatic rings. The average Bonchev–Trinajstić information content (AvgIpc) is 2.67. The third kappa shape index (κ3) is 3.11. The molecule has 0 N–H and O–H groups in total. The van der Waals surface area contributed by atoms with E-state index in [4.69, 9.17) is 0 Å². The van der Waals surface area contributed by atoms with Crippen molar-refractivity contribution in [3.8, 4) is 0 Å². The van der Waals surface area contributed by atoms with Crippen LogP contribution in [0.5, 0.6) is 0 Å². The summed E-state index contributed by atoms with van der Waals surface area (Å²) in [5.41, 5.74) is 0.571. The Kier molecular flexibility index (Phi) is 5.08. The second-order valence-corrected chi connectivity index (χ2v) is 8.63. The van der Waals surface area contributed by atoms with Gasteiger partial charge in [-0.15, -0.1) is 0 Å². The third-order valence-corrected chi connectivity index (χ3v) is 7.74. The molecule has 3 aromatic rings. The van der Waals surface area contributed by atoms with Gasteiger partial charge in [0.2, 0.25) is 0 Å². The van der Waals surface area contributed by atoms with Crippen LogP contribution >= 0.6 is 7.14 Å². The van der Waals surface area contributed by atoms with E-state index in [1.165, 1.54) is 0 Å². The van der Waals surface area contributed by atoms with Gasteiger partial charge < -0.3 is 9.36 Å². The lowest BCUT2D eigenvalue weighted by molar-refractivity contribution is -0.107. The zero-order chi connectivity index (χ0) is 16.8. The molecule has 3 rings (SSSR count). The molecule has 0 aliphatic carbocycles. The van der Waals surface area contributed by atoms with Gasteiger partial charge in [0, 0.05) is 17.0 Å². The highest BCUT2D eigenvalue weighted by molar-refractivity contribution is 7.79. The van der Waals surface area contributed by atoms with E-state index in [-0.39, 0.29) is 12.1 Å². The van der Waals surface area contributed by atoms with E-state index in [0.717, 1.165) is 22.5 Å². The highest BCUT2D eigenvalue weighted by Crippen LogP contribution is 2.58. The summed E-state index contributed by atoms with van der Waals surface area (Å²) in [6, 6.07) is 28.7. The van der Waals surface area contributed by atoms with Crippen molar-refractivity contribution in [2.45, 2.75) is 12.1 Å². The largest absolute Gasteiger partial charge is 0.313 e. The first-order valence-corrected chi connectivity index (χ1v) is 9.74. The number of hydrogen-bond donors (Lipinski definition) is 0. The minimum Gasteiger partial charge on any atom is -0.313 e. The fourth-order valence-electron chi connectivity index (χ4n) is 3.07. The van der Waals surface area contributed by atoms with Crippen LogP contribution in [-0.2, 0) is 9.36 Å². The lowest BCUT2D eigenvalue weighted by Crippen LogP contribution is -2.21. The first kappa shape index (κ1) is 16.4. The fraction of sp³-hybridized carbons (Fsp3) is 0.0952. The predicted molar refractivity (Wildman–Crippen MR) is 99.6 cm³/mol. The fourth-order valence-corrected chi connectivity index (χ4v) is 6.29. The van der Waals surface area contributed by atoms with Crippen LogP contribution in [-0.4, -0.2) is 6.29 Å². The number of aldehydes is 1. The minimum atomic E-state index is -3.00. The lowest BCUT2D eigenvalue weighted by Gasteiger charge is -2.28. The second-order valence-electron chi connectivity index (χ2n) is 5.66. The molecule has 0 spiro atoms. The van der Waals surface area contributed by atoms with Crippen LogP contribution in [0.3, 0.4) is 0 Å². The zero-order valence-corrected chi connectivity index (χ0v) is 14.2. The molecule has 0 bridgehead atoms. The van der Waals surface area contributed by atoms with Crippen molar-refractivity contribution in [1.82, 2.24) is 0 Å². The number of carbonyl (C=O) groups is 1. The maximum absolute atomic E-state index is 14.3. The Bertz CT molecular complexity index is 786. The zero-order valence-electron chi connectivity index (χ0n) is 13.3. The third-order valence-electron chi connectivity index (χ3n) is 4.22. The molecule has 0 heterocycles. The monoisotopic (exact) mass is 334 g/mol. The van der Waals surface area contributed by atoms with Gasteiger partial charge in [-0.05, 0) is 5.56 Å². The Morgan fingerprint density at radius 1 is 0.708 bits per heavy atom. The molecule has 0 aromatic heterocycles. The van der Waals surface area contributed by atoms with E-state index >= 15 is 0 Å². The standard InChI is InChI=1S/C21H19O2P/c22-17-16-21(18-10-4-1-5-11-18)24(23,19-12-6-2-7-13-19)20-14-8-3-9-15-20/h1-15,17,21H,16H2. The van der Waals surface area contributed by atoms with E-state index in [1.54, 1.807) is 0 Å². The van der Waals surface area contributed by atoms with Gasteiger partial charge in [0.1, 0.15) is 6.29 Å². The minimum absolute atomic E-state index is 0.227. The van der Waals surface area contributed by atoms with Crippen molar-refractivity contribution in [3.05, 3.63) is 96.6 Å². The maximum atomic E-state index is 14.3. The Morgan fingerprint density at radius 2 is 1.12 bits per heavy atom. The van der Waals surface area contributed by atoms with E-state index in [2.05, 4.69) is 0 Å². The van der Waals surface area contributed by atoms with Gasteiger partial charge in [0.15, 0.2) is 7.14 Å². The summed E-state index contributed by atoms with van der Waals surface area (Å²) in [4.78, 5) is 11.4. The van der Waals surface area contributed by atoms with Crippen LogP contribution in [0, 0.1) is 0 Å². The van der Waals surface area contributed by atoms with Crippen LogP contribution < -0.4 is 10.6 Å². The molecule has 0 fully saturated rings. The molecule has 2 nitrogen and oxygen atoms in total. The Hall–Kier alpha value is -2.44. The SMILES string of the molecule is O=CCC(c1ccccc1)P(=O)(c1ccccc1)c1ccccc1. The Balaban J connectivity index is 2.24. The van der Waals surface area contributed by atoms with Gasteiger partial charge in [-0.3, -0.25) is 0 Å². The molecule has 0 saturated heterocycles. The van der Waals surface area contributed by atoms with Crippen molar-refractivity contribution >= 4 is 24.0 Å². The van der Waals surface area contributed by atoms with Gasteiger partial charge in [-0.25, -0.2) is 0 Å². The van der Waals surface area contributed by atoms with Crippen LogP contribution in [0.1, 0.15) is 17.6 Å². The molecule has 0 saturated carbocycles. The summed E-state index contributed by atoms with van der Waals surface area (Å²) in [5.74, 6) is 0. The summed E-state index contributed by atoms with van der Waals surface area (Å²) in [6.45, 7) is 0. The molecular weight excluding hydrogens is 315 g/mol. The van der Waals surface area contributed by atoms with E-state index in [1.807, 2.05) is 91.0 Å². The van der Waals surface area contributed by atoms with Crippen molar-refractivity contribution in [1.29, 1.82) is 0 Å². The number of benzene rings is 3. The normalized spacial score (nSPS) is 12.5. The predicted octanol–water partition coefficient (Wildman–Crippen LogP) is 4.33. The summed E-state index contributed by atoms with van der Waals surface area (Å²) >= 11 is 0. The van der Waals surface area contributed by atoms with Crippen LogP contribution in [0.4, 0.5) is 0 Å². The molecule has 120 valence electrons. The highest BCUT2D eigenvalue weighted by atomic mass is 31.2.